The summed E-state index contributed by atoms with van der Waals surface area (Å²) in [7, 11) is 0. The molecule has 0 aliphatic rings. The molecule has 2 aromatic heterocycles. The number of rotatable bonds is 5. The Morgan fingerprint density at radius 3 is 2.61 bits per heavy atom. The zero-order valence-corrected chi connectivity index (χ0v) is 9.91. The van der Waals surface area contributed by atoms with Gasteiger partial charge in [-0.25, -0.2) is 0 Å². The molecule has 94 valence electrons. The Balaban J connectivity index is 1.78. The van der Waals surface area contributed by atoms with Gasteiger partial charge >= 0.3 is 0 Å². The van der Waals surface area contributed by atoms with Crippen LogP contribution in [0.25, 0.3) is 0 Å². The molecule has 2 rings (SSSR count). The topological polar surface area (TPSA) is 99.9 Å². The molecular formula is C12H15N5O. The summed E-state index contributed by atoms with van der Waals surface area (Å²) in [5.74, 6) is 0.848. The van der Waals surface area contributed by atoms with E-state index in [0.29, 0.717) is 18.3 Å². The minimum absolute atomic E-state index is 0.124. The number of pyridine rings is 1. The molecule has 0 atom stereocenters. The summed E-state index contributed by atoms with van der Waals surface area (Å²) >= 11 is 0. The second-order valence-corrected chi connectivity index (χ2v) is 3.80. The quantitative estimate of drug-likeness (QED) is 0.764. The van der Waals surface area contributed by atoms with Crippen LogP contribution in [0.15, 0.2) is 30.6 Å². The summed E-state index contributed by atoms with van der Waals surface area (Å²) in [6.45, 7) is 0.554. The highest BCUT2D eigenvalue weighted by Gasteiger charge is 2.00. The predicted octanol–water partition coefficient (Wildman–Crippen LogP) is 1.05. The highest BCUT2D eigenvalue weighted by molar-refractivity contribution is 5.38. The van der Waals surface area contributed by atoms with E-state index in [9.17, 15) is 0 Å². The van der Waals surface area contributed by atoms with Crippen LogP contribution in [-0.4, -0.2) is 21.6 Å². The van der Waals surface area contributed by atoms with Crippen LogP contribution in [0, 0.1) is 0 Å². The van der Waals surface area contributed by atoms with Crippen molar-refractivity contribution in [3.8, 4) is 5.88 Å². The number of aryl methyl sites for hydroxylation is 1. The van der Waals surface area contributed by atoms with E-state index < -0.39 is 0 Å². The van der Waals surface area contributed by atoms with Crippen molar-refractivity contribution in [2.45, 2.75) is 12.8 Å². The molecular weight excluding hydrogens is 230 g/mol. The number of hydrogen-bond acceptors (Lipinski definition) is 6. The van der Waals surface area contributed by atoms with E-state index in [2.05, 4.69) is 15.0 Å². The van der Waals surface area contributed by atoms with Crippen molar-refractivity contribution in [1.82, 2.24) is 15.0 Å². The number of hydrogen-bond donors (Lipinski definition) is 2. The van der Waals surface area contributed by atoms with E-state index in [-0.39, 0.29) is 5.95 Å². The average Bonchev–Trinajstić information content (AvgIpc) is 2.35. The summed E-state index contributed by atoms with van der Waals surface area (Å²) in [6.07, 6.45) is 5.37. The second kappa shape index (κ2) is 5.81. The van der Waals surface area contributed by atoms with Gasteiger partial charge in [-0.05, 0) is 30.5 Å². The fourth-order valence-corrected chi connectivity index (χ4v) is 1.54. The van der Waals surface area contributed by atoms with Gasteiger partial charge in [-0.15, -0.1) is 0 Å². The van der Waals surface area contributed by atoms with Crippen molar-refractivity contribution in [2.24, 2.45) is 0 Å². The van der Waals surface area contributed by atoms with Gasteiger partial charge in [0.15, 0.2) is 0 Å². The van der Waals surface area contributed by atoms with Crippen LogP contribution in [0.2, 0.25) is 0 Å². The van der Waals surface area contributed by atoms with Crippen molar-refractivity contribution in [3.63, 3.8) is 0 Å². The molecule has 0 amide bonds. The van der Waals surface area contributed by atoms with Gasteiger partial charge in [-0.2, -0.15) is 9.97 Å². The Kier molecular flexibility index (Phi) is 3.90. The molecule has 6 nitrogen and oxygen atoms in total. The number of nitrogens with zero attached hydrogens (tertiary/aromatic N) is 3. The summed E-state index contributed by atoms with van der Waals surface area (Å²) in [5, 5.41) is 0. The third kappa shape index (κ3) is 3.58. The maximum Gasteiger partial charge on any atom is 0.225 e. The van der Waals surface area contributed by atoms with Crippen molar-refractivity contribution in [3.05, 3.63) is 36.2 Å². The van der Waals surface area contributed by atoms with E-state index >= 15 is 0 Å². The molecule has 0 aliphatic heterocycles. The highest BCUT2D eigenvalue weighted by atomic mass is 16.5. The van der Waals surface area contributed by atoms with Crippen LogP contribution in [0.1, 0.15) is 12.0 Å². The smallest absolute Gasteiger partial charge is 0.225 e. The van der Waals surface area contributed by atoms with Gasteiger partial charge in [0, 0.05) is 18.5 Å². The molecule has 4 N–H and O–H groups in total. The van der Waals surface area contributed by atoms with Crippen LogP contribution < -0.4 is 16.2 Å². The minimum Gasteiger partial charge on any atom is -0.477 e. The van der Waals surface area contributed by atoms with Crippen LogP contribution >= 0.6 is 0 Å². The van der Waals surface area contributed by atoms with Crippen molar-refractivity contribution in [2.75, 3.05) is 18.1 Å². The van der Waals surface area contributed by atoms with Crippen LogP contribution in [0.4, 0.5) is 11.8 Å². The molecule has 0 saturated carbocycles. The Morgan fingerprint density at radius 2 is 1.89 bits per heavy atom. The number of anilines is 2. The van der Waals surface area contributed by atoms with Crippen molar-refractivity contribution >= 4 is 11.8 Å². The molecule has 0 spiro atoms. The zero-order chi connectivity index (χ0) is 12.8. The number of nitrogen functional groups attached to an aromatic ring is 2. The summed E-state index contributed by atoms with van der Waals surface area (Å²) in [6, 6.07) is 5.53. The first kappa shape index (κ1) is 12.1. The number of aromatic nitrogens is 3. The summed E-state index contributed by atoms with van der Waals surface area (Å²) in [4.78, 5) is 11.7. The number of nitrogens with two attached hydrogens (primary N) is 2. The molecule has 18 heavy (non-hydrogen) atoms. The predicted molar refractivity (Wildman–Crippen MR) is 68.9 cm³/mol. The average molecular weight is 245 g/mol. The van der Waals surface area contributed by atoms with Gasteiger partial charge in [-0.3, -0.25) is 4.98 Å². The van der Waals surface area contributed by atoms with Gasteiger partial charge < -0.3 is 16.2 Å². The maximum atomic E-state index is 5.54. The second-order valence-electron chi connectivity index (χ2n) is 3.80. The lowest BCUT2D eigenvalue weighted by atomic mass is 10.1. The molecule has 2 aromatic rings. The first-order chi connectivity index (χ1) is 8.74. The lowest BCUT2D eigenvalue weighted by Gasteiger charge is -2.06. The highest BCUT2D eigenvalue weighted by Crippen LogP contribution is 2.12. The van der Waals surface area contributed by atoms with Crippen molar-refractivity contribution in [1.29, 1.82) is 0 Å². The Bertz CT molecular complexity index is 483. The van der Waals surface area contributed by atoms with E-state index in [4.69, 9.17) is 16.2 Å². The third-order valence-corrected chi connectivity index (χ3v) is 2.35. The normalized spacial score (nSPS) is 10.2. The molecule has 6 heteroatoms. The van der Waals surface area contributed by atoms with Gasteiger partial charge in [-0.1, -0.05) is 0 Å². The van der Waals surface area contributed by atoms with Crippen molar-refractivity contribution < 1.29 is 4.74 Å². The lowest BCUT2D eigenvalue weighted by molar-refractivity contribution is 0.299. The standard InChI is InChI=1S/C12H15N5O/c13-10-8-11(17-12(14)16-10)18-7-1-2-9-3-5-15-6-4-9/h3-6,8H,1-2,7H2,(H4,13,14,16,17). The first-order valence-corrected chi connectivity index (χ1v) is 5.66. The van der Waals surface area contributed by atoms with E-state index in [1.54, 1.807) is 18.5 Å². The van der Waals surface area contributed by atoms with E-state index in [1.165, 1.54) is 5.56 Å². The van der Waals surface area contributed by atoms with Crippen LogP contribution in [0.3, 0.4) is 0 Å². The Morgan fingerprint density at radius 1 is 1.11 bits per heavy atom. The fourth-order valence-electron chi connectivity index (χ4n) is 1.54. The first-order valence-electron chi connectivity index (χ1n) is 5.66. The van der Waals surface area contributed by atoms with Gasteiger partial charge in [0.2, 0.25) is 11.8 Å². The molecule has 0 saturated heterocycles. The molecule has 0 aliphatic carbocycles. The van der Waals surface area contributed by atoms with Gasteiger partial charge in [0.1, 0.15) is 5.82 Å². The molecule has 0 unspecified atom stereocenters. The van der Waals surface area contributed by atoms with Gasteiger partial charge in [0.25, 0.3) is 0 Å². The fraction of sp³-hybridized carbons (Fsp3) is 0.250. The zero-order valence-electron chi connectivity index (χ0n) is 9.91. The largest absolute Gasteiger partial charge is 0.477 e. The lowest BCUT2D eigenvalue weighted by Crippen LogP contribution is -2.05. The SMILES string of the molecule is Nc1cc(OCCCc2ccncc2)nc(N)n1. The Hall–Kier alpha value is -2.37. The summed E-state index contributed by atoms with van der Waals surface area (Å²) in [5.41, 5.74) is 12.2. The molecule has 0 fully saturated rings. The third-order valence-electron chi connectivity index (χ3n) is 2.35. The molecule has 2 heterocycles. The summed E-state index contributed by atoms with van der Waals surface area (Å²) < 4.78 is 5.46. The van der Waals surface area contributed by atoms with E-state index in [0.717, 1.165) is 12.8 Å². The maximum absolute atomic E-state index is 5.54. The van der Waals surface area contributed by atoms with Gasteiger partial charge in [0.05, 0.1) is 6.61 Å². The Labute approximate surface area is 105 Å². The minimum atomic E-state index is 0.124. The molecule has 0 bridgehead atoms. The van der Waals surface area contributed by atoms with E-state index in [1.807, 2.05) is 12.1 Å². The monoisotopic (exact) mass is 245 g/mol. The van der Waals surface area contributed by atoms with Crippen LogP contribution in [0.5, 0.6) is 5.88 Å². The molecule has 0 aromatic carbocycles. The molecule has 0 radical (unpaired) electrons. The van der Waals surface area contributed by atoms with Crippen LogP contribution in [-0.2, 0) is 6.42 Å². The number of ether oxygens (including phenoxy) is 1.